The van der Waals surface area contributed by atoms with Crippen molar-refractivity contribution in [3.05, 3.63) is 69.4 Å². The number of hydrogen-bond acceptors (Lipinski definition) is 1. The van der Waals surface area contributed by atoms with Gasteiger partial charge in [0.15, 0.2) is 0 Å². The highest BCUT2D eigenvalue weighted by Gasteiger charge is 2.09. The van der Waals surface area contributed by atoms with Crippen molar-refractivity contribution in [1.29, 1.82) is 0 Å². The van der Waals surface area contributed by atoms with Crippen LogP contribution in [0.5, 0.6) is 0 Å². The number of benzene rings is 2. The molecule has 0 unspecified atom stereocenters. The first-order valence-corrected chi connectivity index (χ1v) is 7.10. The van der Waals surface area contributed by atoms with E-state index in [1.165, 1.54) is 17.2 Å². The maximum Gasteiger partial charge on any atom is 0.127 e. The van der Waals surface area contributed by atoms with Crippen molar-refractivity contribution < 1.29 is 4.39 Å². The maximum atomic E-state index is 13.6. The minimum Gasteiger partial charge on any atom is -0.306 e. The Hall–Kier alpha value is -1.19. The van der Waals surface area contributed by atoms with Gasteiger partial charge in [0.2, 0.25) is 0 Å². The molecule has 0 spiro atoms. The highest BCUT2D eigenvalue weighted by Crippen LogP contribution is 2.19. The summed E-state index contributed by atoms with van der Waals surface area (Å²) in [6.45, 7) is 4.75. The fraction of sp³-hybridized carbons (Fsp3) is 0.250. The summed E-state index contributed by atoms with van der Waals surface area (Å²) in [5, 5.41) is 3.34. The molecule has 100 valence electrons. The summed E-state index contributed by atoms with van der Waals surface area (Å²) in [4.78, 5) is 0. The van der Waals surface area contributed by atoms with Gasteiger partial charge < -0.3 is 5.32 Å². The van der Waals surface area contributed by atoms with Gasteiger partial charge in [0.1, 0.15) is 5.82 Å². The van der Waals surface area contributed by atoms with E-state index < -0.39 is 0 Å². The molecule has 0 radical (unpaired) electrons. The van der Waals surface area contributed by atoms with Crippen molar-refractivity contribution >= 4 is 15.9 Å². The predicted molar refractivity (Wildman–Crippen MR) is 80.5 cm³/mol. The molecule has 0 aliphatic heterocycles. The van der Waals surface area contributed by atoms with E-state index in [2.05, 4.69) is 46.4 Å². The first-order valence-electron chi connectivity index (χ1n) is 6.31. The topological polar surface area (TPSA) is 12.0 Å². The number of aryl methyl sites for hydroxylation is 1. The Kier molecular flexibility index (Phi) is 4.72. The van der Waals surface area contributed by atoms with Crippen molar-refractivity contribution in [2.45, 2.75) is 26.4 Å². The number of nitrogens with one attached hydrogen (secondary N) is 1. The molecule has 0 aliphatic carbocycles. The second-order valence-electron chi connectivity index (χ2n) is 4.71. The minimum atomic E-state index is -0.160. The predicted octanol–water partition coefficient (Wildman–Crippen LogP) is 4.75. The zero-order valence-corrected chi connectivity index (χ0v) is 12.7. The van der Waals surface area contributed by atoms with Gasteiger partial charge in [0, 0.05) is 22.6 Å². The third kappa shape index (κ3) is 3.64. The Labute approximate surface area is 122 Å². The van der Waals surface area contributed by atoms with E-state index in [4.69, 9.17) is 0 Å². The van der Waals surface area contributed by atoms with Crippen molar-refractivity contribution in [1.82, 2.24) is 5.32 Å². The molecule has 3 heteroatoms. The van der Waals surface area contributed by atoms with Crippen LogP contribution in [0.3, 0.4) is 0 Å². The van der Waals surface area contributed by atoms with Crippen LogP contribution in [0.15, 0.2) is 46.9 Å². The lowest BCUT2D eigenvalue weighted by molar-refractivity contribution is 0.528. The van der Waals surface area contributed by atoms with Crippen molar-refractivity contribution in [3.63, 3.8) is 0 Å². The molecule has 0 saturated heterocycles. The van der Waals surface area contributed by atoms with Gasteiger partial charge in [0.05, 0.1) is 0 Å². The van der Waals surface area contributed by atoms with Crippen molar-refractivity contribution in [2.75, 3.05) is 0 Å². The van der Waals surface area contributed by atoms with Crippen molar-refractivity contribution in [3.8, 4) is 0 Å². The third-order valence-electron chi connectivity index (χ3n) is 3.22. The van der Waals surface area contributed by atoms with Gasteiger partial charge >= 0.3 is 0 Å². The molecule has 0 aliphatic rings. The third-order valence-corrected chi connectivity index (χ3v) is 4.07. The van der Waals surface area contributed by atoms with Crippen molar-refractivity contribution in [2.24, 2.45) is 0 Å². The zero-order chi connectivity index (χ0) is 13.8. The Morgan fingerprint density at radius 3 is 2.63 bits per heavy atom. The Morgan fingerprint density at radius 1 is 1.21 bits per heavy atom. The van der Waals surface area contributed by atoms with Crippen LogP contribution >= 0.6 is 15.9 Å². The fourth-order valence-corrected chi connectivity index (χ4v) is 2.38. The lowest BCUT2D eigenvalue weighted by Gasteiger charge is -2.15. The molecule has 0 saturated carbocycles. The van der Waals surface area contributed by atoms with E-state index >= 15 is 0 Å². The molecule has 0 heterocycles. The summed E-state index contributed by atoms with van der Waals surface area (Å²) >= 11 is 3.52. The highest BCUT2D eigenvalue weighted by molar-refractivity contribution is 9.10. The van der Waals surface area contributed by atoms with E-state index in [0.717, 1.165) is 4.47 Å². The van der Waals surface area contributed by atoms with Crippen LogP contribution < -0.4 is 5.32 Å². The lowest BCUT2D eigenvalue weighted by Crippen LogP contribution is -2.19. The molecule has 1 atom stereocenters. The van der Waals surface area contributed by atoms with E-state index in [0.29, 0.717) is 12.1 Å². The van der Waals surface area contributed by atoms with Gasteiger partial charge in [-0.25, -0.2) is 4.39 Å². The van der Waals surface area contributed by atoms with E-state index in [-0.39, 0.29) is 11.9 Å². The highest BCUT2D eigenvalue weighted by atomic mass is 79.9. The SMILES string of the molecule is Cc1ccc(CN[C@H](C)c2ccccc2F)cc1Br. The van der Waals surface area contributed by atoms with Crippen LogP contribution in [0.1, 0.15) is 29.7 Å². The van der Waals surface area contributed by atoms with Gasteiger partial charge in [-0.15, -0.1) is 0 Å². The number of halogens is 2. The van der Waals surface area contributed by atoms with Gasteiger partial charge in [0.25, 0.3) is 0 Å². The number of hydrogen-bond donors (Lipinski definition) is 1. The van der Waals surface area contributed by atoms with E-state index in [1.54, 1.807) is 6.07 Å². The molecule has 2 aromatic carbocycles. The van der Waals surface area contributed by atoms with Gasteiger partial charge in [-0.2, -0.15) is 0 Å². The average molecular weight is 322 g/mol. The molecule has 0 aromatic heterocycles. The summed E-state index contributed by atoms with van der Waals surface area (Å²) < 4.78 is 14.7. The van der Waals surface area contributed by atoms with Crippen LogP contribution in [-0.2, 0) is 6.54 Å². The summed E-state index contributed by atoms with van der Waals surface area (Å²) in [6, 6.07) is 13.1. The van der Waals surface area contributed by atoms with Crippen LogP contribution in [0.4, 0.5) is 4.39 Å². The Morgan fingerprint density at radius 2 is 1.95 bits per heavy atom. The lowest BCUT2D eigenvalue weighted by atomic mass is 10.1. The summed E-state index contributed by atoms with van der Waals surface area (Å²) in [5.74, 6) is -0.160. The molecular formula is C16H17BrFN. The van der Waals surface area contributed by atoms with E-state index in [9.17, 15) is 4.39 Å². The Balaban J connectivity index is 2.02. The Bertz CT molecular complexity index is 568. The average Bonchev–Trinajstić information content (AvgIpc) is 2.40. The summed E-state index contributed by atoms with van der Waals surface area (Å²) in [7, 11) is 0. The normalized spacial score (nSPS) is 12.4. The number of rotatable bonds is 4. The minimum absolute atomic E-state index is 0.0127. The summed E-state index contributed by atoms with van der Waals surface area (Å²) in [6.07, 6.45) is 0. The molecule has 19 heavy (non-hydrogen) atoms. The quantitative estimate of drug-likeness (QED) is 0.857. The maximum absolute atomic E-state index is 13.6. The van der Waals surface area contributed by atoms with Crippen LogP contribution in [0.25, 0.3) is 0 Å². The standard InChI is InChI=1S/C16H17BrFN/c1-11-7-8-13(9-15(11)17)10-19-12(2)14-5-3-4-6-16(14)18/h3-9,12,19H,10H2,1-2H3/t12-/m1/s1. The first kappa shape index (κ1) is 14.2. The first-order chi connectivity index (χ1) is 9.08. The summed E-state index contributed by atoms with van der Waals surface area (Å²) in [5.41, 5.74) is 3.10. The molecule has 1 nitrogen and oxygen atoms in total. The fourth-order valence-electron chi connectivity index (χ4n) is 1.95. The van der Waals surface area contributed by atoms with E-state index in [1.807, 2.05) is 19.1 Å². The van der Waals surface area contributed by atoms with Crippen LogP contribution in [-0.4, -0.2) is 0 Å². The molecule has 0 amide bonds. The monoisotopic (exact) mass is 321 g/mol. The second-order valence-corrected chi connectivity index (χ2v) is 5.56. The largest absolute Gasteiger partial charge is 0.306 e. The molecular weight excluding hydrogens is 305 g/mol. The van der Waals surface area contributed by atoms with Crippen LogP contribution in [0, 0.1) is 12.7 Å². The molecule has 1 N–H and O–H groups in total. The molecule has 0 fully saturated rings. The second kappa shape index (κ2) is 6.31. The zero-order valence-electron chi connectivity index (χ0n) is 11.1. The molecule has 2 rings (SSSR count). The molecule has 0 bridgehead atoms. The molecule has 2 aromatic rings. The smallest absolute Gasteiger partial charge is 0.127 e. The van der Waals surface area contributed by atoms with Gasteiger partial charge in [-0.05, 0) is 37.1 Å². The van der Waals surface area contributed by atoms with Gasteiger partial charge in [-0.1, -0.05) is 46.3 Å². The van der Waals surface area contributed by atoms with Crippen LogP contribution in [0.2, 0.25) is 0 Å². The van der Waals surface area contributed by atoms with Gasteiger partial charge in [-0.3, -0.25) is 0 Å².